The van der Waals surface area contributed by atoms with Crippen LogP contribution in [0.1, 0.15) is 24.1 Å². The number of nitrogens with zero attached hydrogens (tertiary/aromatic N) is 1. The topological polar surface area (TPSA) is 71.3 Å². The van der Waals surface area contributed by atoms with Gasteiger partial charge in [0.15, 0.2) is 18.1 Å². The quantitative estimate of drug-likeness (QED) is 0.870. The lowest BCUT2D eigenvalue weighted by Crippen LogP contribution is -2.31. The van der Waals surface area contributed by atoms with Crippen molar-refractivity contribution in [1.82, 2.24) is 5.32 Å². The van der Waals surface area contributed by atoms with Crippen molar-refractivity contribution in [2.24, 2.45) is 0 Å². The normalized spacial score (nSPS) is 11.2. The fourth-order valence-corrected chi connectivity index (χ4v) is 2.44. The van der Waals surface area contributed by atoms with Crippen LogP contribution in [0.25, 0.3) is 0 Å². The van der Waals surface area contributed by atoms with Crippen molar-refractivity contribution in [3.05, 3.63) is 58.6 Å². The van der Waals surface area contributed by atoms with Crippen molar-refractivity contribution in [2.45, 2.75) is 13.0 Å². The van der Waals surface area contributed by atoms with Gasteiger partial charge >= 0.3 is 0 Å². The van der Waals surface area contributed by atoms with E-state index in [2.05, 4.69) is 5.32 Å². The van der Waals surface area contributed by atoms with Gasteiger partial charge in [-0.2, -0.15) is 5.26 Å². The van der Waals surface area contributed by atoms with E-state index in [0.717, 1.165) is 5.56 Å². The summed E-state index contributed by atoms with van der Waals surface area (Å²) in [6.07, 6.45) is 0. The molecule has 6 heteroatoms. The Morgan fingerprint density at radius 2 is 2.04 bits per heavy atom. The maximum absolute atomic E-state index is 12.1. The lowest BCUT2D eigenvalue weighted by molar-refractivity contribution is -0.123. The minimum absolute atomic E-state index is 0.138. The molecule has 2 aromatic rings. The first-order valence-corrected chi connectivity index (χ1v) is 7.67. The third-order valence-corrected chi connectivity index (χ3v) is 3.66. The van der Waals surface area contributed by atoms with Crippen LogP contribution in [0.4, 0.5) is 0 Å². The summed E-state index contributed by atoms with van der Waals surface area (Å²) in [5.41, 5.74) is 1.35. The van der Waals surface area contributed by atoms with Gasteiger partial charge in [-0.15, -0.1) is 0 Å². The smallest absolute Gasteiger partial charge is 0.258 e. The van der Waals surface area contributed by atoms with E-state index in [0.29, 0.717) is 11.3 Å². The maximum atomic E-state index is 12.1. The maximum Gasteiger partial charge on any atom is 0.258 e. The summed E-state index contributed by atoms with van der Waals surface area (Å²) in [7, 11) is 1.44. The van der Waals surface area contributed by atoms with Gasteiger partial charge in [-0.3, -0.25) is 4.79 Å². The van der Waals surface area contributed by atoms with E-state index in [1.165, 1.54) is 19.2 Å². The summed E-state index contributed by atoms with van der Waals surface area (Å²) in [5, 5.41) is 12.0. The van der Waals surface area contributed by atoms with E-state index in [9.17, 15) is 4.79 Å². The van der Waals surface area contributed by atoms with E-state index in [-0.39, 0.29) is 29.3 Å². The highest BCUT2D eigenvalue weighted by molar-refractivity contribution is 6.32. The van der Waals surface area contributed by atoms with Crippen LogP contribution >= 0.6 is 11.6 Å². The number of methoxy groups -OCH3 is 1. The molecule has 0 aromatic heterocycles. The molecule has 1 atom stereocenters. The number of nitrogens with one attached hydrogen (secondary N) is 1. The lowest BCUT2D eigenvalue weighted by Gasteiger charge is -2.16. The van der Waals surface area contributed by atoms with Gasteiger partial charge in [0, 0.05) is 6.07 Å². The van der Waals surface area contributed by atoms with E-state index in [1.54, 1.807) is 0 Å². The molecule has 124 valence electrons. The molecular formula is C18H17ClN2O3. The molecule has 2 aromatic carbocycles. The highest BCUT2D eigenvalue weighted by Crippen LogP contribution is 2.36. The molecule has 0 aliphatic rings. The number of amides is 1. The average molecular weight is 345 g/mol. The summed E-state index contributed by atoms with van der Waals surface area (Å²) < 4.78 is 10.6. The number of carbonyl (C=O) groups excluding carboxylic acids is 1. The molecule has 0 saturated carbocycles. The Morgan fingerprint density at radius 1 is 1.33 bits per heavy atom. The van der Waals surface area contributed by atoms with Gasteiger partial charge in [-0.25, -0.2) is 0 Å². The molecule has 0 fully saturated rings. The fourth-order valence-electron chi connectivity index (χ4n) is 2.17. The van der Waals surface area contributed by atoms with Gasteiger partial charge < -0.3 is 14.8 Å². The number of hydrogen-bond acceptors (Lipinski definition) is 4. The predicted molar refractivity (Wildman–Crippen MR) is 91.2 cm³/mol. The van der Waals surface area contributed by atoms with Crippen LogP contribution < -0.4 is 14.8 Å². The number of halogens is 1. The Kier molecular flexibility index (Phi) is 6.05. The molecule has 0 radical (unpaired) electrons. The second-order valence-electron chi connectivity index (χ2n) is 5.09. The summed E-state index contributed by atoms with van der Waals surface area (Å²) in [4.78, 5) is 12.1. The third-order valence-electron chi connectivity index (χ3n) is 3.38. The Bertz CT molecular complexity index is 757. The molecule has 0 saturated heterocycles. The van der Waals surface area contributed by atoms with Crippen LogP contribution in [-0.2, 0) is 4.79 Å². The molecule has 24 heavy (non-hydrogen) atoms. The van der Waals surface area contributed by atoms with Gasteiger partial charge in [0.1, 0.15) is 0 Å². The highest BCUT2D eigenvalue weighted by Gasteiger charge is 2.15. The molecule has 5 nitrogen and oxygen atoms in total. The van der Waals surface area contributed by atoms with E-state index < -0.39 is 0 Å². The highest BCUT2D eigenvalue weighted by atomic mass is 35.5. The molecule has 0 spiro atoms. The molecule has 0 heterocycles. The van der Waals surface area contributed by atoms with Gasteiger partial charge in [0.25, 0.3) is 5.91 Å². The fraction of sp³-hybridized carbons (Fsp3) is 0.222. The minimum atomic E-state index is -0.283. The van der Waals surface area contributed by atoms with Crippen molar-refractivity contribution in [2.75, 3.05) is 13.7 Å². The second-order valence-corrected chi connectivity index (χ2v) is 5.50. The molecule has 1 amide bonds. The number of rotatable bonds is 6. The average Bonchev–Trinajstić information content (AvgIpc) is 2.60. The Morgan fingerprint density at radius 3 is 2.67 bits per heavy atom. The van der Waals surface area contributed by atoms with Crippen molar-refractivity contribution < 1.29 is 14.3 Å². The van der Waals surface area contributed by atoms with Gasteiger partial charge in [0.05, 0.1) is 29.8 Å². The number of carbonyl (C=O) groups is 1. The van der Waals surface area contributed by atoms with Crippen LogP contribution in [0.3, 0.4) is 0 Å². The number of hydrogen-bond donors (Lipinski definition) is 1. The Labute approximate surface area is 145 Å². The molecule has 0 aliphatic heterocycles. The zero-order chi connectivity index (χ0) is 17.5. The molecule has 0 bridgehead atoms. The van der Waals surface area contributed by atoms with Gasteiger partial charge in [-0.1, -0.05) is 41.9 Å². The van der Waals surface area contributed by atoms with E-state index >= 15 is 0 Å². The van der Waals surface area contributed by atoms with Crippen molar-refractivity contribution in [3.63, 3.8) is 0 Å². The standard InChI is InChI=1S/C18H17ClN2O3/c1-12(14-6-4-3-5-7-14)21-17(22)11-24-18-15(19)8-13(10-20)9-16(18)23-2/h3-9,12H,11H2,1-2H3,(H,21,22)/t12-/m0/s1. The molecule has 2 rings (SSSR count). The summed E-state index contributed by atoms with van der Waals surface area (Å²) >= 11 is 6.09. The lowest BCUT2D eigenvalue weighted by atomic mass is 10.1. The number of benzene rings is 2. The number of ether oxygens (including phenoxy) is 2. The first kappa shape index (κ1) is 17.6. The van der Waals surface area contributed by atoms with Crippen molar-refractivity contribution >= 4 is 17.5 Å². The van der Waals surface area contributed by atoms with E-state index in [4.69, 9.17) is 26.3 Å². The second kappa shape index (κ2) is 8.23. The predicted octanol–water partition coefficient (Wildman–Crippen LogP) is 3.48. The van der Waals surface area contributed by atoms with Gasteiger partial charge in [-0.05, 0) is 18.6 Å². The monoisotopic (exact) mass is 344 g/mol. The molecular weight excluding hydrogens is 328 g/mol. The Balaban J connectivity index is 2.01. The molecule has 0 aliphatic carbocycles. The summed E-state index contributed by atoms with van der Waals surface area (Å²) in [6, 6.07) is 14.4. The SMILES string of the molecule is COc1cc(C#N)cc(Cl)c1OCC(=O)N[C@@H](C)c1ccccc1. The van der Waals surface area contributed by atoms with Crippen LogP contribution in [0.2, 0.25) is 5.02 Å². The summed E-state index contributed by atoms with van der Waals surface area (Å²) in [6.45, 7) is 1.68. The third kappa shape index (κ3) is 4.40. The molecule has 1 N–H and O–H groups in total. The first-order chi connectivity index (χ1) is 11.5. The van der Waals surface area contributed by atoms with Crippen LogP contribution in [0.5, 0.6) is 11.5 Å². The van der Waals surface area contributed by atoms with Crippen LogP contribution in [0, 0.1) is 11.3 Å². The van der Waals surface area contributed by atoms with Crippen molar-refractivity contribution in [1.29, 1.82) is 5.26 Å². The van der Waals surface area contributed by atoms with Crippen LogP contribution in [-0.4, -0.2) is 19.6 Å². The van der Waals surface area contributed by atoms with E-state index in [1.807, 2.05) is 43.3 Å². The molecule has 0 unspecified atom stereocenters. The van der Waals surface area contributed by atoms with Crippen molar-refractivity contribution in [3.8, 4) is 17.6 Å². The zero-order valence-electron chi connectivity index (χ0n) is 13.4. The van der Waals surface area contributed by atoms with Gasteiger partial charge in [0.2, 0.25) is 0 Å². The van der Waals surface area contributed by atoms with Crippen LogP contribution in [0.15, 0.2) is 42.5 Å². The first-order valence-electron chi connectivity index (χ1n) is 7.30. The largest absolute Gasteiger partial charge is 0.493 e. The summed E-state index contributed by atoms with van der Waals surface area (Å²) in [5.74, 6) is 0.262. The Hall–Kier alpha value is -2.71. The zero-order valence-corrected chi connectivity index (χ0v) is 14.1. The minimum Gasteiger partial charge on any atom is -0.493 e. The number of nitriles is 1.